The second-order valence-corrected chi connectivity index (χ2v) is 7.28. The fourth-order valence-electron chi connectivity index (χ4n) is 3.05. The van der Waals surface area contributed by atoms with Crippen LogP contribution in [-0.4, -0.2) is 56.1 Å². The van der Waals surface area contributed by atoms with Gasteiger partial charge in [0.05, 0.1) is 11.3 Å². The van der Waals surface area contributed by atoms with Gasteiger partial charge in [-0.3, -0.25) is 9.78 Å². The zero-order valence-electron chi connectivity index (χ0n) is 16.0. The molecule has 1 amide bonds. The summed E-state index contributed by atoms with van der Waals surface area (Å²) in [7, 11) is 0. The first-order valence-electron chi connectivity index (χ1n) is 9.12. The highest BCUT2D eigenvalue weighted by Gasteiger charge is 2.38. The van der Waals surface area contributed by atoms with Crippen LogP contribution in [0.3, 0.4) is 0 Å². The maximum atomic E-state index is 12.7. The Labute approximate surface area is 179 Å². The summed E-state index contributed by atoms with van der Waals surface area (Å²) in [6, 6.07) is 5.68. The summed E-state index contributed by atoms with van der Waals surface area (Å²) in [5.41, 5.74) is 4.97. The summed E-state index contributed by atoms with van der Waals surface area (Å²) < 4.78 is 31.7. The average Bonchev–Trinajstić information content (AvgIpc) is 3.20. The molecule has 162 valence electrons. The molecule has 0 saturated carbocycles. The van der Waals surface area contributed by atoms with Gasteiger partial charge in [-0.15, -0.1) is 0 Å². The van der Waals surface area contributed by atoms with E-state index in [1.54, 1.807) is 36.1 Å². The molecule has 0 aliphatic carbocycles. The van der Waals surface area contributed by atoms with E-state index in [-0.39, 0.29) is 5.91 Å². The van der Waals surface area contributed by atoms with E-state index >= 15 is 0 Å². The van der Waals surface area contributed by atoms with Gasteiger partial charge < -0.3 is 10.0 Å². The summed E-state index contributed by atoms with van der Waals surface area (Å²) in [6.07, 6.45) is 1.37. The number of thiophene rings is 1. The summed E-state index contributed by atoms with van der Waals surface area (Å²) in [6.45, 7) is 1.34. The molecule has 3 aromatic rings. The first-order valence-corrected chi connectivity index (χ1v) is 10.1. The monoisotopic (exact) mass is 450 g/mol. The van der Waals surface area contributed by atoms with Gasteiger partial charge in [0, 0.05) is 54.1 Å². The van der Waals surface area contributed by atoms with Gasteiger partial charge in [-0.25, -0.2) is 14.8 Å². The molecule has 0 saturated heterocycles. The number of alkyl halides is 3. The zero-order valence-corrected chi connectivity index (χ0v) is 16.9. The summed E-state index contributed by atoms with van der Waals surface area (Å²) in [4.78, 5) is 36.4. The Bertz CT molecular complexity index is 1040. The molecule has 0 fully saturated rings. The molecule has 0 aromatic carbocycles. The third kappa shape index (κ3) is 5.63. The van der Waals surface area contributed by atoms with Gasteiger partial charge in [-0.1, -0.05) is 0 Å². The summed E-state index contributed by atoms with van der Waals surface area (Å²) >= 11 is 1.66. The lowest BCUT2D eigenvalue weighted by Crippen LogP contribution is -2.33. The number of nitrogens with zero attached hydrogens (tertiary/aromatic N) is 4. The number of carbonyl (C=O) groups is 2. The van der Waals surface area contributed by atoms with Crippen LogP contribution in [0.1, 0.15) is 21.6 Å². The standard InChI is InChI=1S/C18H16N4OS.C2HF3O2/c23-18(13-2-1-6-19-10-13)22-7-3-15-16(4-8-22)20-12-21-17(15)14-5-9-24-11-14;3-2(4,5)1(6)7/h1-2,5-6,9-12H,3-4,7-8H2;(H,6,7). The topological polar surface area (TPSA) is 96.3 Å². The predicted molar refractivity (Wildman–Crippen MR) is 107 cm³/mol. The van der Waals surface area contributed by atoms with Crippen LogP contribution < -0.4 is 0 Å². The summed E-state index contributed by atoms with van der Waals surface area (Å²) in [5.74, 6) is -2.73. The quantitative estimate of drug-likeness (QED) is 0.642. The number of pyridine rings is 1. The number of hydrogen-bond acceptors (Lipinski definition) is 6. The highest BCUT2D eigenvalue weighted by Crippen LogP contribution is 2.27. The van der Waals surface area contributed by atoms with Gasteiger partial charge in [-0.05, 0) is 30.0 Å². The predicted octanol–water partition coefficient (Wildman–Crippen LogP) is 3.47. The SMILES string of the molecule is O=C(O)C(F)(F)F.O=C(c1cccnc1)N1CCc2ncnc(-c3ccsc3)c2CC1. The van der Waals surface area contributed by atoms with E-state index < -0.39 is 12.1 Å². The lowest BCUT2D eigenvalue weighted by atomic mass is 10.0. The van der Waals surface area contributed by atoms with Crippen LogP contribution in [0.5, 0.6) is 0 Å². The number of halogens is 3. The molecule has 4 heterocycles. The van der Waals surface area contributed by atoms with Gasteiger partial charge in [-0.2, -0.15) is 24.5 Å². The van der Waals surface area contributed by atoms with Gasteiger partial charge in [0.15, 0.2) is 0 Å². The van der Waals surface area contributed by atoms with E-state index in [4.69, 9.17) is 9.90 Å². The molecule has 7 nitrogen and oxygen atoms in total. The van der Waals surface area contributed by atoms with Crippen molar-refractivity contribution in [3.8, 4) is 11.3 Å². The van der Waals surface area contributed by atoms with Crippen molar-refractivity contribution in [3.63, 3.8) is 0 Å². The molecule has 1 N–H and O–H groups in total. The molecule has 3 aromatic heterocycles. The molecule has 0 unspecified atom stereocenters. The maximum absolute atomic E-state index is 12.7. The Balaban J connectivity index is 0.000000339. The van der Waals surface area contributed by atoms with Crippen LogP contribution in [-0.2, 0) is 17.6 Å². The van der Waals surface area contributed by atoms with Crippen molar-refractivity contribution in [1.29, 1.82) is 0 Å². The fraction of sp³-hybridized carbons (Fsp3) is 0.250. The largest absolute Gasteiger partial charge is 0.490 e. The second-order valence-electron chi connectivity index (χ2n) is 6.50. The molecule has 1 aliphatic rings. The van der Waals surface area contributed by atoms with E-state index in [0.29, 0.717) is 18.7 Å². The van der Waals surface area contributed by atoms with E-state index in [1.165, 1.54) is 0 Å². The van der Waals surface area contributed by atoms with Crippen LogP contribution in [0, 0.1) is 0 Å². The number of aliphatic carboxylic acids is 1. The minimum Gasteiger partial charge on any atom is -0.475 e. The second kappa shape index (κ2) is 9.65. The Morgan fingerprint density at radius 2 is 1.87 bits per heavy atom. The van der Waals surface area contributed by atoms with Crippen molar-refractivity contribution in [2.75, 3.05) is 13.1 Å². The van der Waals surface area contributed by atoms with Gasteiger partial charge >= 0.3 is 12.1 Å². The number of amides is 1. The fourth-order valence-corrected chi connectivity index (χ4v) is 3.69. The van der Waals surface area contributed by atoms with Crippen LogP contribution in [0.4, 0.5) is 13.2 Å². The highest BCUT2D eigenvalue weighted by molar-refractivity contribution is 7.08. The lowest BCUT2D eigenvalue weighted by Gasteiger charge is -2.19. The average molecular weight is 450 g/mol. The maximum Gasteiger partial charge on any atom is 0.490 e. The molecular formula is C20H17F3N4O3S. The van der Waals surface area contributed by atoms with Crippen molar-refractivity contribution in [1.82, 2.24) is 19.9 Å². The van der Waals surface area contributed by atoms with Crippen LogP contribution in [0.15, 0.2) is 47.7 Å². The first kappa shape index (κ1) is 22.3. The van der Waals surface area contributed by atoms with E-state index in [2.05, 4.69) is 31.8 Å². The molecule has 31 heavy (non-hydrogen) atoms. The molecule has 0 spiro atoms. The van der Waals surface area contributed by atoms with Crippen molar-refractivity contribution < 1.29 is 27.9 Å². The third-order valence-corrected chi connectivity index (χ3v) is 5.20. The smallest absolute Gasteiger partial charge is 0.475 e. The molecule has 4 rings (SSSR count). The van der Waals surface area contributed by atoms with Gasteiger partial charge in [0.2, 0.25) is 0 Å². The molecule has 11 heteroatoms. The van der Waals surface area contributed by atoms with E-state index in [0.717, 1.165) is 35.4 Å². The number of carbonyl (C=O) groups excluding carboxylic acids is 1. The molecular weight excluding hydrogens is 433 g/mol. The Hall–Kier alpha value is -3.34. The number of carboxylic acids is 1. The molecule has 1 aliphatic heterocycles. The van der Waals surface area contributed by atoms with E-state index in [1.807, 2.05) is 11.0 Å². The van der Waals surface area contributed by atoms with E-state index in [9.17, 15) is 18.0 Å². The van der Waals surface area contributed by atoms with Crippen LogP contribution >= 0.6 is 11.3 Å². The van der Waals surface area contributed by atoms with Crippen molar-refractivity contribution in [2.45, 2.75) is 19.0 Å². The van der Waals surface area contributed by atoms with Crippen molar-refractivity contribution in [3.05, 3.63) is 64.5 Å². The van der Waals surface area contributed by atoms with Crippen molar-refractivity contribution >= 4 is 23.2 Å². The molecule has 0 bridgehead atoms. The Morgan fingerprint density at radius 1 is 1.13 bits per heavy atom. The molecule has 0 atom stereocenters. The third-order valence-electron chi connectivity index (χ3n) is 4.52. The van der Waals surface area contributed by atoms with Crippen LogP contribution in [0.2, 0.25) is 0 Å². The Kier molecular flexibility index (Phi) is 6.95. The normalized spacial score (nSPS) is 13.5. The number of fused-ring (bicyclic) bond motifs is 1. The highest BCUT2D eigenvalue weighted by atomic mass is 32.1. The van der Waals surface area contributed by atoms with Gasteiger partial charge in [0.25, 0.3) is 5.91 Å². The number of carboxylic acid groups (broad SMARTS) is 1. The Morgan fingerprint density at radius 3 is 2.48 bits per heavy atom. The zero-order chi connectivity index (χ0) is 22.4. The number of aromatic nitrogens is 3. The number of hydrogen-bond donors (Lipinski definition) is 1. The van der Waals surface area contributed by atoms with Gasteiger partial charge in [0.1, 0.15) is 6.33 Å². The molecule has 0 radical (unpaired) electrons. The van der Waals surface area contributed by atoms with Crippen molar-refractivity contribution in [2.24, 2.45) is 0 Å². The number of rotatable bonds is 2. The minimum absolute atomic E-state index is 0.0287. The summed E-state index contributed by atoms with van der Waals surface area (Å²) in [5, 5.41) is 11.3. The first-order chi connectivity index (χ1) is 14.8. The minimum atomic E-state index is -5.08. The lowest BCUT2D eigenvalue weighted by molar-refractivity contribution is -0.192. The van der Waals surface area contributed by atoms with Crippen LogP contribution in [0.25, 0.3) is 11.3 Å².